The van der Waals surface area contributed by atoms with Crippen molar-refractivity contribution in [3.05, 3.63) is 0 Å². The van der Waals surface area contributed by atoms with Crippen molar-refractivity contribution in [2.24, 2.45) is 13.5 Å². The fourth-order valence-electron chi connectivity index (χ4n) is 0.500. The van der Waals surface area contributed by atoms with Crippen LogP contribution in [-0.4, -0.2) is 6.61 Å². The molecule has 0 N–H and O–H groups in total. The van der Waals surface area contributed by atoms with Gasteiger partial charge in [0.1, 0.15) is 0 Å². The van der Waals surface area contributed by atoms with E-state index in [9.17, 15) is 12.6 Å². The van der Waals surface area contributed by atoms with Gasteiger partial charge < -0.3 is 4.52 Å². The summed E-state index contributed by atoms with van der Waals surface area (Å²) in [6.07, 6.45) is 0. The highest BCUT2D eigenvalue weighted by Crippen LogP contribution is 2.72. The molecule has 1 atom stereocenters. The molecular formula is C2H5F3N3OP3. The minimum absolute atomic E-state index is 0.0210. The van der Waals surface area contributed by atoms with Crippen LogP contribution >= 0.6 is 24.1 Å². The highest BCUT2D eigenvalue weighted by molar-refractivity contribution is 7.72. The van der Waals surface area contributed by atoms with Crippen molar-refractivity contribution in [1.82, 2.24) is 0 Å². The van der Waals surface area contributed by atoms with E-state index in [1.54, 1.807) is 0 Å². The van der Waals surface area contributed by atoms with Gasteiger partial charge in [-0.15, -0.1) is 21.9 Å². The van der Waals surface area contributed by atoms with Crippen LogP contribution in [-0.2, 0) is 4.52 Å². The zero-order chi connectivity index (χ0) is 9.24. The first-order valence-corrected chi connectivity index (χ1v) is 6.66. The molecular weight excluding hydrogens is 232 g/mol. The maximum absolute atomic E-state index is 13.1. The van der Waals surface area contributed by atoms with Crippen LogP contribution in [0.1, 0.15) is 6.92 Å². The maximum Gasteiger partial charge on any atom is 0.426 e. The van der Waals surface area contributed by atoms with Crippen molar-refractivity contribution in [3.8, 4) is 0 Å². The van der Waals surface area contributed by atoms with Crippen LogP contribution in [0.3, 0.4) is 0 Å². The third-order valence-electron chi connectivity index (χ3n) is 0.809. The number of nitrogens with zero attached hydrogens (tertiary/aromatic N) is 3. The fourth-order valence-corrected chi connectivity index (χ4v) is 4.48. The van der Waals surface area contributed by atoms with Crippen molar-refractivity contribution in [2.75, 3.05) is 6.61 Å². The van der Waals surface area contributed by atoms with Crippen LogP contribution in [0.4, 0.5) is 12.6 Å². The molecule has 0 aromatic heterocycles. The van der Waals surface area contributed by atoms with Crippen molar-refractivity contribution in [3.63, 3.8) is 0 Å². The summed E-state index contributed by atoms with van der Waals surface area (Å²) in [6, 6.07) is 0. The van der Waals surface area contributed by atoms with E-state index in [2.05, 4.69) is 18.1 Å². The van der Waals surface area contributed by atoms with Gasteiger partial charge in [0.25, 0.3) is 0 Å². The highest BCUT2D eigenvalue weighted by atomic mass is 31.3. The second-order valence-electron chi connectivity index (χ2n) is 1.70. The standard InChI is InChI=1S/C2H5F3N3OP3/c1-2-9-12(5)7-10-6-11(3,4)8-12/h2H2,1H3. The summed E-state index contributed by atoms with van der Waals surface area (Å²) >= 11 is 0. The number of hydrogen-bond acceptors (Lipinski definition) is 4. The summed E-state index contributed by atoms with van der Waals surface area (Å²) in [4.78, 5) is 0. The highest BCUT2D eigenvalue weighted by Gasteiger charge is 2.30. The quantitative estimate of drug-likeness (QED) is 0.631. The minimum atomic E-state index is -4.79. The van der Waals surface area contributed by atoms with E-state index in [4.69, 9.17) is 0 Å². The Bertz CT molecular complexity index is 308. The summed E-state index contributed by atoms with van der Waals surface area (Å²) in [6.45, 7) is 1.47. The molecule has 70 valence electrons. The van der Waals surface area contributed by atoms with E-state index in [1.165, 1.54) is 6.92 Å². The van der Waals surface area contributed by atoms with Gasteiger partial charge in [-0.1, -0.05) is 0 Å². The SMILES string of the molecule is CCOP1(F)=NP=NP(F)(F)=N1. The first-order chi connectivity index (χ1) is 5.47. The molecule has 0 bridgehead atoms. The second-order valence-corrected chi connectivity index (χ2v) is 6.15. The van der Waals surface area contributed by atoms with Crippen LogP contribution in [0, 0.1) is 0 Å². The van der Waals surface area contributed by atoms with Gasteiger partial charge in [-0.05, 0) is 6.92 Å². The normalized spacial score (nSPS) is 33.7. The van der Waals surface area contributed by atoms with Crippen LogP contribution in [0.5, 0.6) is 0 Å². The summed E-state index contributed by atoms with van der Waals surface area (Å²) in [5.41, 5.74) is 0. The molecule has 0 aromatic rings. The molecule has 0 spiro atoms. The molecule has 4 nitrogen and oxygen atoms in total. The molecule has 0 fully saturated rings. The van der Waals surface area contributed by atoms with Crippen molar-refractivity contribution >= 4 is 24.1 Å². The largest absolute Gasteiger partial charge is 0.426 e. The fraction of sp³-hybridized carbons (Fsp3) is 1.00. The molecule has 1 unspecified atom stereocenters. The third-order valence-corrected chi connectivity index (χ3v) is 5.52. The lowest BCUT2D eigenvalue weighted by Crippen LogP contribution is -1.81. The lowest BCUT2D eigenvalue weighted by molar-refractivity contribution is 0.348. The second kappa shape index (κ2) is 3.59. The van der Waals surface area contributed by atoms with Crippen molar-refractivity contribution in [1.29, 1.82) is 0 Å². The van der Waals surface area contributed by atoms with E-state index in [1.807, 2.05) is 0 Å². The summed E-state index contributed by atoms with van der Waals surface area (Å²) in [7, 11) is -9.15. The Morgan fingerprint density at radius 2 is 2.08 bits per heavy atom. The van der Waals surface area contributed by atoms with Gasteiger partial charge in [-0.2, -0.15) is 4.20 Å². The Morgan fingerprint density at radius 1 is 1.42 bits per heavy atom. The number of halogens is 3. The van der Waals surface area contributed by atoms with E-state index >= 15 is 0 Å². The Morgan fingerprint density at radius 3 is 2.58 bits per heavy atom. The number of hydrogen-bond donors (Lipinski definition) is 0. The molecule has 1 heterocycles. The Labute approximate surface area is 69.1 Å². The zero-order valence-corrected chi connectivity index (χ0v) is 8.62. The lowest BCUT2D eigenvalue weighted by atomic mass is 10.9. The molecule has 0 saturated heterocycles. The van der Waals surface area contributed by atoms with Gasteiger partial charge in [-0.3, -0.25) is 0 Å². The average Bonchev–Trinajstić information content (AvgIpc) is 1.83. The van der Waals surface area contributed by atoms with Gasteiger partial charge in [0.15, 0.2) is 8.52 Å². The zero-order valence-electron chi connectivity index (χ0n) is 5.93. The van der Waals surface area contributed by atoms with Gasteiger partial charge in [0.2, 0.25) is 0 Å². The molecule has 0 radical (unpaired) electrons. The van der Waals surface area contributed by atoms with E-state index in [0.717, 1.165) is 0 Å². The predicted octanol–water partition coefficient (Wildman–Crippen LogP) is 4.88. The first kappa shape index (κ1) is 10.4. The molecule has 0 saturated carbocycles. The van der Waals surface area contributed by atoms with Gasteiger partial charge in [0, 0.05) is 0 Å². The topological polar surface area (TPSA) is 46.3 Å². The molecule has 1 aliphatic heterocycles. The molecule has 1 rings (SSSR count). The Balaban J connectivity index is 3.03. The van der Waals surface area contributed by atoms with Crippen LogP contribution < -0.4 is 0 Å². The smallest absolute Gasteiger partial charge is 0.303 e. The van der Waals surface area contributed by atoms with Crippen LogP contribution in [0.2, 0.25) is 0 Å². The average molecular weight is 237 g/mol. The Kier molecular flexibility index (Phi) is 3.11. The molecule has 12 heavy (non-hydrogen) atoms. The van der Waals surface area contributed by atoms with Crippen LogP contribution in [0.25, 0.3) is 0 Å². The predicted molar refractivity (Wildman–Crippen MR) is 43.0 cm³/mol. The molecule has 0 aliphatic carbocycles. The number of rotatable bonds is 2. The van der Waals surface area contributed by atoms with Gasteiger partial charge >= 0.3 is 15.6 Å². The maximum atomic E-state index is 13.1. The third kappa shape index (κ3) is 2.67. The van der Waals surface area contributed by atoms with Crippen molar-refractivity contribution < 1.29 is 17.1 Å². The van der Waals surface area contributed by atoms with E-state index in [0.29, 0.717) is 0 Å². The van der Waals surface area contributed by atoms with Crippen molar-refractivity contribution in [2.45, 2.75) is 6.92 Å². The molecule has 0 amide bonds. The summed E-state index contributed by atoms with van der Waals surface area (Å²) in [5, 5.41) is 0. The monoisotopic (exact) mass is 237 g/mol. The van der Waals surface area contributed by atoms with Crippen LogP contribution in [0.15, 0.2) is 13.5 Å². The minimum Gasteiger partial charge on any atom is -0.303 e. The molecule has 10 heteroatoms. The Hall–Kier alpha value is 0.310. The summed E-state index contributed by atoms with van der Waals surface area (Å²) < 4.78 is 50.9. The molecule has 0 aromatic carbocycles. The van der Waals surface area contributed by atoms with Gasteiger partial charge in [0.05, 0.1) is 6.61 Å². The lowest BCUT2D eigenvalue weighted by Gasteiger charge is -2.10. The first-order valence-electron chi connectivity index (χ1n) is 2.89. The molecule has 1 aliphatic rings. The van der Waals surface area contributed by atoms with E-state index in [-0.39, 0.29) is 15.1 Å². The van der Waals surface area contributed by atoms with E-state index < -0.39 is 15.6 Å². The summed E-state index contributed by atoms with van der Waals surface area (Å²) in [5.74, 6) is 0. The van der Waals surface area contributed by atoms with Gasteiger partial charge in [-0.25, -0.2) is 0 Å².